The monoisotopic (exact) mass is 554 g/mol. The Hall–Kier alpha value is -2.59. The standard InChI is InChI=1S/C22H20ClIN2O5/c1-4-7-31-19-17(24)9-13(10-18(19)30-3)8-15-20(27)25-22(29)26(21(15)28)14-6-5-12(2)16(23)11-14/h5-6,8-11H,4,7H2,1-3H3,(H,25,27,29)/b15-8+. The minimum absolute atomic E-state index is 0.184. The number of imide groups is 2. The maximum atomic E-state index is 13.1. The lowest BCUT2D eigenvalue weighted by Crippen LogP contribution is -2.54. The molecular formula is C22H20ClIN2O5. The van der Waals surface area contributed by atoms with Crippen molar-refractivity contribution in [3.63, 3.8) is 0 Å². The average molecular weight is 555 g/mol. The Bertz CT molecular complexity index is 1100. The molecule has 3 rings (SSSR count). The van der Waals surface area contributed by atoms with E-state index in [1.54, 1.807) is 24.3 Å². The van der Waals surface area contributed by atoms with Gasteiger partial charge in [0.05, 0.1) is 23.0 Å². The van der Waals surface area contributed by atoms with Crippen LogP contribution in [0.4, 0.5) is 10.5 Å². The van der Waals surface area contributed by atoms with E-state index in [4.69, 9.17) is 21.1 Å². The number of carbonyl (C=O) groups is 3. The molecular weight excluding hydrogens is 535 g/mol. The van der Waals surface area contributed by atoms with E-state index in [0.717, 1.165) is 20.5 Å². The molecule has 0 saturated carbocycles. The summed E-state index contributed by atoms with van der Waals surface area (Å²) in [5.74, 6) is -0.439. The first-order valence-electron chi connectivity index (χ1n) is 9.44. The van der Waals surface area contributed by atoms with Crippen molar-refractivity contribution in [3.05, 3.63) is 55.6 Å². The third kappa shape index (κ3) is 4.85. The summed E-state index contributed by atoms with van der Waals surface area (Å²) < 4.78 is 11.9. The zero-order valence-corrected chi connectivity index (χ0v) is 20.0. The maximum Gasteiger partial charge on any atom is 0.335 e. The van der Waals surface area contributed by atoms with Crippen LogP contribution in [0.25, 0.3) is 6.08 Å². The molecule has 0 bridgehead atoms. The lowest BCUT2D eigenvalue weighted by molar-refractivity contribution is -0.122. The number of aryl methyl sites for hydroxylation is 1. The van der Waals surface area contributed by atoms with Crippen LogP contribution < -0.4 is 19.7 Å². The smallest absolute Gasteiger partial charge is 0.335 e. The van der Waals surface area contributed by atoms with Crippen molar-refractivity contribution >= 4 is 63.8 Å². The van der Waals surface area contributed by atoms with E-state index in [9.17, 15) is 14.4 Å². The van der Waals surface area contributed by atoms with Crippen LogP contribution in [-0.4, -0.2) is 31.6 Å². The molecule has 9 heteroatoms. The largest absolute Gasteiger partial charge is 0.493 e. The second-order valence-corrected chi connectivity index (χ2v) is 8.34. The number of methoxy groups -OCH3 is 1. The van der Waals surface area contributed by atoms with Crippen LogP contribution in [0.15, 0.2) is 35.9 Å². The van der Waals surface area contributed by atoms with Gasteiger partial charge in [0.2, 0.25) is 0 Å². The van der Waals surface area contributed by atoms with Crippen LogP contribution in [0, 0.1) is 10.5 Å². The summed E-state index contributed by atoms with van der Waals surface area (Å²) in [6, 6.07) is 7.41. The molecule has 0 radical (unpaired) electrons. The van der Waals surface area contributed by atoms with Crippen molar-refractivity contribution in [1.82, 2.24) is 5.32 Å². The molecule has 0 aliphatic carbocycles. The molecule has 1 fully saturated rings. The van der Waals surface area contributed by atoms with E-state index in [2.05, 4.69) is 27.9 Å². The number of barbiturate groups is 1. The molecule has 1 N–H and O–H groups in total. The number of anilines is 1. The Morgan fingerprint density at radius 3 is 2.58 bits per heavy atom. The summed E-state index contributed by atoms with van der Waals surface area (Å²) in [5.41, 5.74) is 1.44. The van der Waals surface area contributed by atoms with Gasteiger partial charge in [-0.1, -0.05) is 24.6 Å². The summed E-state index contributed by atoms with van der Waals surface area (Å²) in [7, 11) is 1.52. The lowest BCUT2D eigenvalue weighted by atomic mass is 10.1. The van der Waals surface area contributed by atoms with Gasteiger partial charge >= 0.3 is 6.03 Å². The molecule has 4 amide bonds. The van der Waals surface area contributed by atoms with E-state index in [0.29, 0.717) is 28.7 Å². The van der Waals surface area contributed by atoms with Gasteiger partial charge in [-0.2, -0.15) is 0 Å². The number of carbonyl (C=O) groups excluding carboxylic acids is 3. The van der Waals surface area contributed by atoms with Crippen LogP contribution >= 0.6 is 34.2 Å². The molecule has 1 saturated heterocycles. The molecule has 0 unspecified atom stereocenters. The zero-order valence-electron chi connectivity index (χ0n) is 17.1. The molecule has 0 spiro atoms. The van der Waals surface area contributed by atoms with E-state index in [-0.39, 0.29) is 11.3 Å². The number of urea groups is 1. The second-order valence-electron chi connectivity index (χ2n) is 6.77. The normalized spacial score (nSPS) is 15.3. The number of ether oxygens (including phenoxy) is 2. The van der Waals surface area contributed by atoms with Gasteiger partial charge in [-0.15, -0.1) is 0 Å². The van der Waals surface area contributed by atoms with Gasteiger partial charge < -0.3 is 9.47 Å². The highest BCUT2D eigenvalue weighted by molar-refractivity contribution is 14.1. The Morgan fingerprint density at radius 1 is 1.19 bits per heavy atom. The molecule has 0 atom stereocenters. The van der Waals surface area contributed by atoms with E-state index < -0.39 is 17.8 Å². The first kappa shape index (κ1) is 23.1. The molecule has 162 valence electrons. The number of rotatable bonds is 6. The molecule has 1 aliphatic rings. The summed E-state index contributed by atoms with van der Waals surface area (Å²) >= 11 is 8.25. The van der Waals surface area contributed by atoms with Gasteiger partial charge in [-0.05, 0) is 77.4 Å². The minimum atomic E-state index is -0.831. The predicted octanol–water partition coefficient (Wildman–Crippen LogP) is 4.72. The summed E-state index contributed by atoms with van der Waals surface area (Å²) in [6.07, 6.45) is 2.26. The number of hydrogen-bond donors (Lipinski definition) is 1. The topological polar surface area (TPSA) is 84.9 Å². The van der Waals surface area contributed by atoms with Crippen molar-refractivity contribution in [2.75, 3.05) is 18.6 Å². The molecule has 31 heavy (non-hydrogen) atoms. The van der Waals surface area contributed by atoms with Crippen molar-refractivity contribution in [2.24, 2.45) is 0 Å². The maximum absolute atomic E-state index is 13.1. The average Bonchev–Trinajstić information content (AvgIpc) is 2.72. The zero-order chi connectivity index (χ0) is 22.7. The van der Waals surface area contributed by atoms with Crippen LogP contribution in [0.1, 0.15) is 24.5 Å². The predicted molar refractivity (Wildman–Crippen MR) is 127 cm³/mol. The number of amides is 4. The summed E-state index contributed by atoms with van der Waals surface area (Å²) in [5, 5.41) is 2.61. The molecule has 2 aromatic carbocycles. The minimum Gasteiger partial charge on any atom is -0.493 e. The quantitative estimate of drug-likeness (QED) is 0.317. The molecule has 1 aliphatic heterocycles. The van der Waals surface area contributed by atoms with E-state index >= 15 is 0 Å². The van der Waals surface area contributed by atoms with E-state index in [1.165, 1.54) is 19.3 Å². The Labute approximate surface area is 198 Å². The van der Waals surface area contributed by atoms with Crippen LogP contribution in [0.3, 0.4) is 0 Å². The highest BCUT2D eigenvalue weighted by Gasteiger charge is 2.37. The fourth-order valence-corrected chi connectivity index (χ4v) is 3.90. The number of nitrogens with one attached hydrogen (secondary N) is 1. The number of nitrogens with zero attached hydrogens (tertiary/aromatic N) is 1. The van der Waals surface area contributed by atoms with Crippen molar-refractivity contribution in [1.29, 1.82) is 0 Å². The van der Waals surface area contributed by atoms with Gasteiger partial charge in [0, 0.05) is 5.02 Å². The summed E-state index contributed by atoms with van der Waals surface area (Å²) in [4.78, 5) is 38.8. The van der Waals surface area contributed by atoms with Gasteiger partial charge in [0.1, 0.15) is 5.57 Å². The molecule has 0 aromatic heterocycles. The van der Waals surface area contributed by atoms with Crippen LogP contribution in [0.2, 0.25) is 5.02 Å². The molecule has 1 heterocycles. The Morgan fingerprint density at radius 2 is 1.94 bits per heavy atom. The van der Waals surface area contributed by atoms with Gasteiger partial charge in [0.25, 0.3) is 11.8 Å². The first-order valence-corrected chi connectivity index (χ1v) is 10.9. The number of benzene rings is 2. The first-order chi connectivity index (χ1) is 14.8. The van der Waals surface area contributed by atoms with Gasteiger partial charge in [-0.3, -0.25) is 14.9 Å². The molecule has 2 aromatic rings. The van der Waals surface area contributed by atoms with E-state index in [1.807, 2.05) is 13.8 Å². The third-order valence-electron chi connectivity index (χ3n) is 4.53. The van der Waals surface area contributed by atoms with Crippen molar-refractivity contribution in [3.8, 4) is 11.5 Å². The highest BCUT2D eigenvalue weighted by atomic mass is 127. The van der Waals surface area contributed by atoms with Crippen molar-refractivity contribution < 1.29 is 23.9 Å². The van der Waals surface area contributed by atoms with Gasteiger partial charge in [0.15, 0.2) is 11.5 Å². The fourth-order valence-electron chi connectivity index (χ4n) is 2.95. The SMILES string of the molecule is CCCOc1c(I)cc(/C=C2\C(=O)NC(=O)N(c3ccc(C)c(Cl)c3)C2=O)cc1OC. The third-order valence-corrected chi connectivity index (χ3v) is 5.74. The van der Waals surface area contributed by atoms with Crippen LogP contribution in [0.5, 0.6) is 11.5 Å². The van der Waals surface area contributed by atoms with Crippen molar-refractivity contribution in [2.45, 2.75) is 20.3 Å². The van der Waals surface area contributed by atoms with Gasteiger partial charge in [-0.25, -0.2) is 9.69 Å². The lowest BCUT2D eigenvalue weighted by Gasteiger charge is -2.26. The number of halogens is 2. The summed E-state index contributed by atoms with van der Waals surface area (Å²) in [6.45, 7) is 4.34. The van der Waals surface area contributed by atoms with Crippen LogP contribution in [-0.2, 0) is 9.59 Å². The fraction of sp³-hybridized carbons (Fsp3) is 0.227. The second kappa shape index (κ2) is 9.69. The Kier molecular flexibility index (Phi) is 7.22. The molecule has 7 nitrogen and oxygen atoms in total. The Balaban J connectivity index is 2.01. The highest BCUT2D eigenvalue weighted by Crippen LogP contribution is 2.35. The number of hydrogen-bond acceptors (Lipinski definition) is 5.